The van der Waals surface area contributed by atoms with Crippen molar-refractivity contribution >= 4 is 11.1 Å². The molecule has 1 aromatic carbocycles. The molecule has 4 rings (SSSR count). The maximum atomic E-state index is 12.7. The number of aromatic nitrogens is 4. The standard InChI is InChI=1S/C19H18N4O5/c1-10-16-18(28-22-10)20-9-23(19(16)24)8-14-11(2)27-17(21-14)13-6-5-12(25-3)7-15(13)26-4/h5-7,9H,8H2,1-4H3. The summed E-state index contributed by atoms with van der Waals surface area (Å²) in [5.74, 6) is 2.24. The SMILES string of the molecule is COc1ccc(-c2nc(Cn3cnc4onc(C)c4c3=O)c(C)o2)c(OC)c1. The summed E-state index contributed by atoms with van der Waals surface area (Å²) in [5, 5.41) is 4.15. The van der Waals surface area contributed by atoms with Crippen molar-refractivity contribution in [3.05, 3.63) is 52.0 Å². The third kappa shape index (κ3) is 2.90. The van der Waals surface area contributed by atoms with Gasteiger partial charge in [0, 0.05) is 6.07 Å². The highest BCUT2D eigenvalue weighted by atomic mass is 16.5. The first-order valence-corrected chi connectivity index (χ1v) is 8.52. The topological polar surface area (TPSA) is 105 Å². The second kappa shape index (κ2) is 6.84. The van der Waals surface area contributed by atoms with Crippen molar-refractivity contribution in [1.29, 1.82) is 0 Å². The molecular weight excluding hydrogens is 364 g/mol. The van der Waals surface area contributed by atoms with Crippen LogP contribution < -0.4 is 15.0 Å². The number of oxazole rings is 1. The molecule has 0 bridgehead atoms. The first-order valence-electron chi connectivity index (χ1n) is 8.52. The van der Waals surface area contributed by atoms with Crippen LogP contribution in [0.2, 0.25) is 0 Å². The molecule has 4 aromatic rings. The van der Waals surface area contributed by atoms with Crippen molar-refractivity contribution in [2.45, 2.75) is 20.4 Å². The average molecular weight is 382 g/mol. The van der Waals surface area contributed by atoms with E-state index in [0.717, 1.165) is 0 Å². The van der Waals surface area contributed by atoms with Crippen molar-refractivity contribution in [2.24, 2.45) is 0 Å². The van der Waals surface area contributed by atoms with E-state index in [9.17, 15) is 4.79 Å². The van der Waals surface area contributed by atoms with Crippen LogP contribution in [0.5, 0.6) is 11.5 Å². The van der Waals surface area contributed by atoms with E-state index in [2.05, 4.69) is 15.1 Å². The van der Waals surface area contributed by atoms with E-state index in [-0.39, 0.29) is 17.8 Å². The minimum Gasteiger partial charge on any atom is -0.497 e. The summed E-state index contributed by atoms with van der Waals surface area (Å²) in [6.45, 7) is 3.71. The number of ether oxygens (including phenoxy) is 2. The van der Waals surface area contributed by atoms with Crippen LogP contribution in [0, 0.1) is 13.8 Å². The lowest BCUT2D eigenvalue weighted by molar-refractivity contribution is 0.394. The first kappa shape index (κ1) is 17.8. The monoisotopic (exact) mass is 382 g/mol. The summed E-state index contributed by atoms with van der Waals surface area (Å²) in [6.07, 6.45) is 1.41. The lowest BCUT2D eigenvalue weighted by atomic mass is 10.2. The molecule has 0 fully saturated rings. The Bertz CT molecular complexity index is 1220. The van der Waals surface area contributed by atoms with Crippen LogP contribution in [0.1, 0.15) is 17.1 Å². The Kier molecular flexibility index (Phi) is 4.34. The molecule has 0 saturated heterocycles. The van der Waals surface area contributed by atoms with Crippen LogP contribution in [-0.2, 0) is 6.54 Å². The Labute approximate surface area is 159 Å². The van der Waals surface area contributed by atoms with Crippen molar-refractivity contribution in [1.82, 2.24) is 19.7 Å². The van der Waals surface area contributed by atoms with Crippen LogP contribution in [0.4, 0.5) is 0 Å². The highest BCUT2D eigenvalue weighted by Gasteiger charge is 2.18. The smallest absolute Gasteiger partial charge is 0.266 e. The molecule has 144 valence electrons. The molecule has 0 radical (unpaired) electrons. The molecular formula is C19H18N4O5. The number of rotatable bonds is 5. The second-order valence-electron chi connectivity index (χ2n) is 6.21. The number of methoxy groups -OCH3 is 2. The molecule has 28 heavy (non-hydrogen) atoms. The molecule has 9 heteroatoms. The van der Waals surface area contributed by atoms with E-state index in [1.807, 2.05) is 6.07 Å². The molecule has 0 aliphatic heterocycles. The third-order valence-corrected chi connectivity index (χ3v) is 4.49. The molecule has 0 aliphatic rings. The largest absolute Gasteiger partial charge is 0.497 e. The van der Waals surface area contributed by atoms with Gasteiger partial charge in [-0.1, -0.05) is 5.16 Å². The lowest BCUT2D eigenvalue weighted by Crippen LogP contribution is -2.21. The number of hydrogen-bond acceptors (Lipinski definition) is 8. The van der Waals surface area contributed by atoms with E-state index >= 15 is 0 Å². The average Bonchev–Trinajstić information content (AvgIpc) is 3.26. The summed E-state index contributed by atoms with van der Waals surface area (Å²) in [6, 6.07) is 5.37. The van der Waals surface area contributed by atoms with Crippen molar-refractivity contribution in [3.63, 3.8) is 0 Å². The normalized spacial score (nSPS) is 11.1. The van der Waals surface area contributed by atoms with Crippen LogP contribution in [-0.4, -0.2) is 33.9 Å². The molecule has 0 saturated carbocycles. The summed E-state index contributed by atoms with van der Waals surface area (Å²) < 4.78 is 22.9. The van der Waals surface area contributed by atoms with E-state index in [1.165, 1.54) is 10.9 Å². The zero-order chi connectivity index (χ0) is 19.8. The zero-order valence-corrected chi connectivity index (χ0v) is 15.8. The molecule has 9 nitrogen and oxygen atoms in total. The fraction of sp³-hybridized carbons (Fsp3) is 0.263. The van der Waals surface area contributed by atoms with Crippen molar-refractivity contribution < 1.29 is 18.4 Å². The molecule has 0 unspecified atom stereocenters. The van der Waals surface area contributed by atoms with E-state index < -0.39 is 0 Å². The highest BCUT2D eigenvalue weighted by molar-refractivity contribution is 5.73. The van der Waals surface area contributed by atoms with Gasteiger partial charge in [-0.3, -0.25) is 9.36 Å². The molecule has 3 heterocycles. The van der Waals surface area contributed by atoms with Crippen LogP contribution in [0.25, 0.3) is 22.6 Å². The van der Waals surface area contributed by atoms with Gasteiger partial charge in [0.25, 0.3) is 11.3 Å². The van der Waals surface area contributed by atoms with Gasteiger partial charge in [-0.2, -0.15) is 0 Å². The summed E-state index contributed by atoms with van der Waals surface area (Å²) >= 11 is 0. The Morgan fingerprint density at radius 3 is 2.75 bits per heavy atom. The molecule has 0 aliphatic carbocycles. The Morgan fingerprint density at radius 1 is 1.18 bits per heavy atom. The van der Waals surface area contributed by atoms with Crippen LogP contribution in [0.15, 0.2) is 38.3 Å². The van der Waals surface area contributed by atoms with E-state index in [4.69, 9.17) is 18.4 Å². The van der Waals surface area contributed by atoms with Gasteiger partial charge in [0.15, 0.2) is 0 Å². The number of hydrogen-bond donors (Lipinski definition) is 0. The van der Waals surface area contributed by atoms with Gasteiger partial charge < -0.3 is 18.4 Å². The third-order valence-electron chi connectivity index (χ3n) is 4.49. The number of aryl methyl sites for hydroxylation is 2. The number of fused-ring (bicyclic) bond motifs is 1. The maximum absolute atomic E-state index is 12.7. The molecule has 0 atom stereocenters. The molecule has 0 N–H and O–H groups in total. The van der Waals surface area contributed by atoms with Gasteiger partial charge >= 0.3 is 0 Å². The van der Waals surface area contributed by atoms with Crippen molar-refractivity contribution in [2.75, 3.05) is 14.2 Å². The molecule has 0 amide bonds. The van der Waals surface area contributed by atoms with Gasteiger partial charge in [0.05, 0.1) is 32.0 Å². The number of benzene rings is 1. The summed E-state index contributed by atoms with van der Waals surface area (Å²) in [5.41, 5.74) is 1.79. The molecule has 0 spiro atoms. The first-order chi connectivity index (χ1) is 13.5. The maximum Gasteiger partial charge on any atom is 0.266 e. The van der Waals surface area contributed by atoms with Gasteiger partial charge in [0.1, 0.15) is 34.7 Å². The summed E-state index contributed by atoms with van der Waals surface area (Å²) in [4.78, 5) is 21.4. The summed E-state index contributed by atoms with van der Waals surface area (Å²) in [7, 11) is 3.15. The Balaban J connectivity index is 1.72. The quantitative estimate of drug-likeness (QED) is 0.519. The van der Waals surface area contributed by atoms with Gasteiger partial charge in [-0.15, -0.1) is 0 Å². The predicted octanol–water partition coefficient (Wildman–Crippen LogP) is 2.72. The van der Waals surface area contributed by atoms with Crippen LogP contribution >= 0.6 is 0 Å². The Morgan fingerprint density at radius 2 is 2.00 bits per heavy atom. The van der Waals surface area contributed by atoms with Gasteiger partial charge in [-0.25, -0.2) is 9.97 Å². The lowest BCUT2D eigenvalue weighted by Gasteiger charge is -2.07. The van der Waals surface area contributed by atoms with Crippen LogP contribution in [0.3, 0.4) is 0 Å². The second-order valence-corrected chi connectivity index (χ2v) is 6.21. The Hall–Kier alpha value is -3.62. The van der Waals surface area contributed by atoms with Gasteiger partial charge in [-0.05, 0) is 26.0 Å². The van der Waals surface area contributed by atoms with E-state index in [1.54, 1.807) is 40.2 Å². The number of nitrogens with zero attached hydrogens (tertiary/aromatic N) is 4. The highest BCUT2D eigenvalue weighted by Crippen LogP contribution is 2.33. The molecule has 3 aromatic heterocycles. The fourth-order valence-corrected chi connectivity index (χ4v) is 2.95. The minimum absolute atomic E-state index is 0.209. The van der Waals surface area contributed by atoms with Crippen molar-refractivity contribution in [3.8, 4) is 23.0 Å². The van der Waals surface area contributed by atoms with E-state index in [0.29, 0.717) is 45.5 Å². The zero-order valence-electron chi connectivity index (χ0n) is 15.8. The van der Waals surface area contributed by atoms with Gasteiger partial charge in [0.2, 0.25) is 5.89 Å². The fourth-order valence-electron chi connectivity index (χ4n) is 2.95. The minimum atomic E-state index is -0.241. The predicted molar refractivity (Wildman–Crippen MR) is 99.7 cm³/mol.